The molecule has 3 N–H and O–H groups in total. The Hall–Kier alpha value is -3.54. The van der Waals surface area contributed by atoms with Gasteiger partial charge in [-0.3, -0.25) is 14.4 Å². The molecule has 43 heavy (non-hydrogen) atoms. The first-order chi connectivity index (χ1) is 20.3. The first kappa shape index (κ1) is 30.9. The molecule has 0 saturated carbocycles. The summed E-state index contributed by atoms with van der Waals surface area (Å²) in [5.74, 6) is -1.25. The molecule has 0 spiro atoms. The number of aromatic nitrogens is 1. The molecule has 4 atom stereocenters. The summed E-state index contributed by atoms with van der Waals surface area (Å²) in [5, 5.41) is 17.1. The van der Waals surface area contributed by atoms with Crippen LogP contribution in [-0.4, -0.2) is 57.4 Å². The first-order valence-corrected chi connectivity index (χ1v) is 15.8. The molecule has 9 nitrogen and oxygen atoms in total. The molecule has 3 heterocycles. The predicted molar refractivity (Wildman–Crippen MR) is 170 cm³/mol. The van der Waals surface area contributed by atoms with Gasteiger partial charge in [0.1, 0.15) is 17.7 Å². The fourth-order valence-electron chi connectivity index (χ4n) is 5.33. The van der Waals surface area contributed by atoms with Crippen LogP contribution in [0.3, 0.4) is 0 Å². The second-order valence-corrected chi connectivity index (χ2v) is 13.9. The van der Waals surface area contributed by atoms with Crippen LogP contribution in [0.2, 0.25) is 0 Å². The number of benzene rings is 2. The third kappa shape index (κ3) is 6.68. The van der Waals surface area contributed by atoms with E-state index < -0.39 is 35.4 Å². The molecule has 2 unspecified atom stereocenters. The summed E-state index contributed by atoms with van der Waals surface area (Å²) >= 11 is 4.98. The van der Waals surface area contributed by atoms with E-state index in [0.29, 0.717) is 5.58 Å². The fraction of sp³-hybridized carbons (Fsp3) is 0.375. The predicted octanol–water partition coefficient (Wildman–Crippen LogP) is 5.61. The first-order valence-electron chi connectivity index (χ1n) is 14.1. The molecule has 1 saturated heterocycles. The summed E-state index contributed by atoms with van der Waals surface area (Å²) in [4.78, 5) is 47.5. The summed E-state index contributed by atoms with van der Waals surface area (Å²) < 4.78 is 6.57. The molecule has 4 aromatic rings. The Morgan fingerprint density at radius 2 is 1.84 bits per heavy atom. The molecule has 1 aliphatic rings. The zero-order chi connectivity index (χ0) is 31.1. The van der Waals surface area contributed by atoms with E-state index in [1.54, 1.807) is 23.5 Å². The van der Waals surface area contributed by atoms with Crippen LogP contribution in [0.5, 0.6) is 0 Å². The minimum absolute atomic E-state index is 0.00465. The van der Waals surface area contributed by atoms with E-state index in [1.807, 2.05) is 76.5 Å². The Labute approximate surface area is 262 Å². The molecule has 1 fully saturated rings. The van der Waals surface area contributed by atoms with Gasteiger partial charge in [0, 0.05) is 22.8 Å². The van der Waals surface area contributed by atoms with E-state index >= 15 is 0 Å². The zero-order valence-electron chi connectivity index (χ0n) is 24.7. The van der Waals surface area contributed by atoms with Gasteiger partial charge in [0.2, 0.25) is 11.8 Å². The number of fused-ring (bicyclic) bond motifs is 1. The fourth-order valence-corrected chi connectivity index (χ4v) is 6.49. The molecule has 5 rings (SSSR count). The number of thiazole rings is 1. The maximum Gasteiger partial charge on any atom is 0.287 e. The summed E-state index contributed by atoms with van der Waals surface area (Å²) in [7, 11) is 0. The number of aliphatic hydroxyl groups is 1. The van der Waals surface area contributed by atoms with Crippen molar-refractivity contribution in [3.05, 3.63) is 75.5 Å². The molecular formula is C32H35BrN4O5S. The Kier molecular flexibility index (Phi) is 8.78. The largest absolute Gasteiger partial charge is 0.451 e. The van der Waals surface area contributed by atoms with Crippen molar-refractivity contribution in [1.29, 1.82) is 0 Å². The summed E-state index contributed by atoms with van der Waals surface area (Å²) in [6, 6.07) is 12.8. The highest BCUT2D eigenvalue weighted by atomic mass is 79.9. The SMILES string of the molecule is Cc1ncsc1-c1ccc(C(C)NC(=O)[C@@H]2C[C@@H](O)CN2C(=O)C(NC(=O)c2cc3ccc(Br)cc3o2)C(C)(C)C)cc1. The molecule has 226 valence electrons. The molecule has 11 heteroatoms. The van der Waals surface area contributed by atoms with Crippen LogP contribution in [0.15, 0.2) is 62.9 Å². The van der Waals surface area contributed by atoms with Crippen molar-refractivity contribution in [2.45, 2.75) is 65.3 Å². The Bertz CT molecular complexity index is 1660. The molecule has 2 aromatic carbocycles. The van der Waals surface area contributed by atoms with Crippen LogP contribution in [0.4, 0.5) is 0 Å². The number of hydrogen-bond acceptors (Lipinski definition) is 7. The van der Waals surface area contributed by atoms with Crippen molar-refractivity contribution >= 4 is 56.0 Å². The van der Waals surface area contributed by atoms with Crippen LogP contribution in [0, 0.1) is 12.3 Å². The highest BCUT2D eigenvalue weighted by molar-refractivity contribution is 9.10. The molecule has 0 radical (unpaired) electrons. The smallest absolute Gasteiger partial charge is 0.287 e. The standard InChI is InChI=1S/C32H35BrN4O5S/c1-17(19-6-8-20(9-7-19)27-18(2)34-16-43-27)35-29(39)24-14-23(38)15-37(24)31(41)28(32(3,4)5)36-30(40)26-12-21-10-11-22(33)13-25(21)42-26/h6-13,16-17,23-24,28,38H,14-15H2,1-5H3,(H,35,39)(H,36,40)/t17?,23-,24+,28?/m1/s1. The van der Waals surface area contributed by atoms with E-state index in [1.165, 1.54) is 4.90 Å². The topological polar surface area (TPSA) is 125 Å². The molecule has 3 amide bonds. The van der Waals surface area contributed by atoms with Crippen molar-refractivity contribution in [3.8, 4) is 10.4 Å². The number of halogens is 1. The van der Waals surface area contributed by atoms with E-state index in [9.17, 15) is 19.5 Å². The van der Waals surface area contributed by atoms with Crippen LogP contribution in [0.1, 0.15) is 62.0 Å². The number of carbonyl (C=O) groups is 3. The minimum atomic E-state index is -0.972. The average Bonchev–Trinajstić information content (AvgIpc) is 3.68. The van der Waals surface area contributed by atoms with Crippen LogP contribution < -0.4 is 10.6 Å². The van der Waals surface area contributed by atoms with Gasteiger partial charge in [-0.2, -0.15) is 0 Å². The number of hydrogen-bond donors (Lipinski definition) is 3. The lowest BCUT2D eigenvalue weighted by Gasteiger charge is -2.35. The number of amides is 3. The van der Waals surface area contributed by atoms with Gasteiger partial charge in [-0.05, 0) is 54.7 Å². The van der Waals surface area contributed by atoms with Crippen molar-refractivity contribution < 1.29 is 23.9 Å². The number of carbonyl (C=O) groups excluding carboxylic acids is 3. The minimum Gasteiger partial charge on any atom is -0.451 e. The lowest BCUT2D eigenvalue weighted by molar-refractivity contribution is -0.142. The van der Waals surface area contributed by atoms with Gasteiger partial charge < -0.3 is 25.1 Å². The quantitative estimate of drug-likeness (QED) is 0.236. The van der Waals surface area contributed by atoms with Crippen LogP contribution in [-0.2, 0) is 9.59 Å². The summed E-state index contributed by atoms with van der Waals surface area (Å²) in [5.41, 5.74) is 4.61. The Morgan fingerprint density at radius 1 is 1.12 bits per heavy atom. The van der Waals surface area contributed by atoms with Gasteiger partial charge in [0.25, 0.3) is 5.91 Å². The van der Waals surface area contributed by atoms with Crippen molar-refractivity contribution in [2.24, 2.45) is 5.41 Å². The lowest BCUT2D eigenvalue weighted by Crippen LogP contribution is -2.57. The second-order valence-electron chi connectivity index (χ2n) is 12.1. The number of furan rings is 1. The highest BCUT2D eigenvalue weighted by Crippen LogP contribution is 2.30. The highest BCUT2D eigenvalue weighted by Gasteiger charge is 2.45. The molecule has 0 aliphatic carbocycles. The van der Waals surface area contributed by atoms with E-state index in [2.05, 4.69) is 31.5 Å². The molecule has 0 bridgehead atoms. The summed E-state index contributed by atoms with van der Waals surface area (Å²) in [6.07, 6.45) is -0.751. The number of aliphatic hydroxyl groups excluding tert-OH is 1. The van der Waals surface area contributed by atoms with Crippen LogP contribution in [0.25, 0.3) is 21.4 Å². The molecular weight excluding hydrogens is 632 g/mol. The second kappa shape index (κ2) is 12.2. The third-order valence-electron chi connectivity index (χ3n) is 7.74. The number of likely N-dealkylation sites (tertiary alicyclic amines) is 1. The zero-order valence-corrected chi connectivity index (χ0v) is 27.1. The number of rotatable bonds is 7. The lowest BCUT2D eigenvalue weighted by atomic mass is 9.85. The van der Waals surface area contributed by atoms with Gasteiger partial charge in [0.15, 0.2) is 5.76 Å². The number of nitrogens with zero attached hydrogens (tertiary/aromatic N) is 2. The number of aryl methyl sites for hydroxylation is 1. The maximum absolute atomic E-state index is 13.9. The third-order valence-corrected chi connectivity index (χ3v) is 9.21. The van der Waals surface area contributed by atoms with Crippen LogP contribution >= 0.6 is 27.3 Å². The molecule has 2 aromatic heterocycles. The van der Waals surface area contributed by atoms with Gasteiger partial charge in [-0.25, -0.2) is 4.98 Å². The van der Waals surface area contributed by atoms with Gasteiger partial charge >= 0.3 is 0 Å². The Morgan fingerprint density at radius 3 is 2.49 bits per heavy atom. The van der Waals surface area contributed by atoms with E-state index in [4.69, 9.17) is 4.42 Å². The van der Waals surface area contributed by atoms with Crippen molar-refractivity contribution in [3.63, 3.8) is 0 Å². The summed E-state index contributed by atoms with van der Waals surface area (Å²) in [6.45, 7) is 9.37. The van der Waals surface area contributed by atoms with Gasteiger partial charge in [-0.1, -0.05) is 61.0 Å². The van der Waals surface area contributed by atoms with Gasteiger partial charge in [-0.15, -0.1) is 11.3 Å². The van der Waals surface area contributed by atoms with E-state index in [0.717, 1.165) is 31.6 Å². The monoisotopic (exact) mass is 666 g/mol. The van der Waals surface area contributed by atoms with E-state index in [-0.39, 0.29) is 30.7 Å². The average molecular weight is 668 g/mol. The number of β-amino-alcohol motifs (C(OH)–C–C–N with tert-alkyl or cyclic N) is 1. The van der Waals surface area contributed by atoms with Gasteiger partial charge in [0.05, 0.1) is 28.2 Å². The molecule has 1 aliphatic heterocycles. The van der Waals surface area contributed by atoms with Crippen molar-refractivity contribution in [2.75, 3.05) is 6.54 Å². The normalized spacial score (nSPS) is 18.4. The Balaban J connectivity index is 1.30. The maximum atomic E-state index is 13.9. The van der Waals surface area contributed by atoms with Crippen molar-refractivity contribution in [1.82, 2.24) is 20.5 Å². The number of nitrogens with one attached hydrogen (secondary N) is 2.